The van der Waals surface area contributed by atoms with Crippen molar-refractivity contribution in [2.45, 2.75) is 26.7 Å². The van der Waals surface area contributed by atoms with Gasteiger partial charge in [-0.2, -0.15) is 0 Å². The summed E-state index contributed by atoms with van der Waals surface area (Å²) < 4.78 is 4.83. The van der Waals surface area contributed by atoms with Crippen LogP contribution in [0, 0.1) is 5.92 Å². The standard InChI is InChI=1S/C20H29N3O3/c1-3-26-19(24)9-6-17-4-7-18(8-5-17)22-20(25)21-12-15-23-13-10-16(2)11-14-23/h4-9,16H,3,10-15H2,1-2H3,(H2,21,22,25)/b9-6-. The van der Waals surface area contributed by atoms with Gasteiger partial charge >= 0.3 is 12.0 Å². The zero-order valence-corrected chi connectivity index (χ0v) is 15.7. The van der Waals surface area contributed by atoms with Crippen LogP contribution in [0.2, 0.25) is 0 Å². The molecule has 2 rings (SSSR count). The normalized spacial score (nSPS) is 15.8. The Morgan fingerprint density at radius 3 is 2.58 bits per heavy atom. The van der Waals surface area contributed by atoms with Crippen molar-refractivity contribution >= 4 is 23.8 Å². The molecule has 0 aliphatic carbocycles. The molecular formula is C20H29N3O3. The molecule has 1 aliphatic rings. The maximum absolute atomic E-state index is 12.0. The van der Waals surface area contributed by atoms with E-state index < -0.39 is 0 Å². The quantitative estimate of drug-likeness (QED) is 0.580. The second-order valence-corrected chi connectivity index (χ2v) is 6.61. The first kappa shape index (κ1) is 20.0. The highest BCUT2D eigenvalue weighted by atomic mass is 16.5. The number of piperidine rings is 1. The van der Waals surface area contributed by atoms with Crippen molar-refractivity contribution in [3.8, 4) is 0 Å². The number of rotatable bonds is 7. The summed E-state index contributed by atoms with van der Waals surface area (Å²) in [7, 11) is 0. The lowest BCUT2D eigenvalue weighted by Crippen LogP contribution is -2.40. The molecule has 1 heterocycles. The van der Waals surface area contributed by atoms with Crippen LogP contribution in [0.25, 0.3) is 6.08 Å². The number of benzene rings is 1. The molecule has 26 heavy (non-hydrogen) atoms. The van der Waals surface area contributed by atoms with Crippen LogP contribution in [0.15, 0.2) is 30.3 Å². The van der Waals surface area contributed by atoms with Crippen molar-refractivity contribution in [1.29, 1.82) is 0 Å². The summed E-state index contributed by atoms with van der Waals surface area (Å²) >= 11 is 0. The van der Waals surface area contributed by atoms with Gasteiger partial charge in [0.2, 0.25) is 0 Å². The number of anilines is 1. The second-order valence-electron chi connectivity index (χ2n) is 6.61. The van der Waals surface area contributed by atoms with Crippen LogP contribution in [0.1, 0.15) is 32.3 Å². The molecule has 1 aromatic carbocycles. The van der Waals surface area contributed by atoms with E-state index in [0.29, 0.717) is 18.8 Å². The molecule has 2 N–H and O–H groups in total. The van der Waals surface area contributed by atoms with Crippen molar-refractivity contribution in [1.82, 2.24) is 10.2 Å². The number of likely N-dealkylation sites (tertiary alicyclic amines) is 1. The lowest BCUT2D eigenvalue weighted by molar-refractivity contribution is -0.137. The summed E-state index contributed by atoms with van der Waals surface area (Å²) in [5.74, 6) is 0.454. The first-order valence-corrected chi connectivity index (χ1v) is 9.29. The Morgan fingerprint density at radius 1 is 1.23 bits per heavy atom. The molecule has 1 aromatic rings. The van der Waals surface area contributed by atoms with Gasteiger partial charge in [0.25, 0.3) is 0 Å². The first-order valence-electron chi connectivity index (χ1n) is 9.29. The van der Waals surface area contributed by atoms with Gasteiger partial charge in [-0.3, -0.25) is 0 Å². The zero-order chi connectivity index (χ0) is 18.8. The number of esters is 1. The van der Waals surface area contributed by atoms with E-state index in [1.807, 2.05) is 12.1 Å². The molecule has 1 fully saturated rings. The van der Waals surface area contributed by atoms with Crippen LogP contribution in [0.5, 0.6) is 0 Å². The van der Waals surface area contributed by atoms with Crippen LogP contribution in [0.4, 0.5) is 10.5 Å². The van der Waals surface area contributed by atoms with Gasteiger partial charge < -0.3 is 20.3 Å². The average molecular weight is 359 g/mol. The number of hydrogen-bond acceptors (Lipinski definition) is 4. The molecule has 2 amide bonds. The predicted molar refractivity (Wildman–Crippen MR) is 104 cm³/mol. The van der Waals surface area contributed by atoms with Crippen LogP contribution >= 0.6 is 0 Å². The molecule has 0 aromatic heterocycles. The number of amides is 2. The fourth-order valence-corrected chi connectivity index (χ4v) is 2.82. The maximum Gasteiger partial charge on any atom is 0.330 e. The minimum absolute atomic E-state index is 0.204. The largest absolute Gasteiger partial charge is 0.463 e. The van der Waals surface area contributed by atoms with E-state index in [1.165, 1.54) is 18.9 Å². The number of nitrogens with zero attached hydrogens (tertiary/aromatic N) is 1. The molecule has 6 nitrogen and oxygen atoms in total. The summed E-state index contributed by atoms with van der Waals surface area (Å²) in [5.41, 5.74) is 1.57. The van der Waals surface area contributed by atoms with Crippen molar-refractivity contribution in [2.24, 2.45) is 5.92 Å². The van der Waals surface area contributed by atoms with E-state index in [9.17, 15) is 9.59 Å². The second kappa shape index (κ2) is 10.6. The van der Waals surface area contributed by atoms with Gasteiger partial charge in [-0.15, -0.1) is 0 Å². The highest BCUT2D eigenvalue weighted by Gasteiger charge is 2.15. The Balaban J connectivity index is 1.69. The van der Waals surface area contributed by atoms with Crippen LogP contribution in [-0.2, 0) is 9.53 Å². The highest BCUT2D eigenvalue weighted by molar-refractivity contribution is 5.90. The molecule has 0 spiro atoms. The highest BCUT2D eigenvalue weighted by Crippen LogP contribution is 2.15. The average Bonchev–Trinajstić information content (AvgIpc) is 2.63. The van der Waals surface area contributed by atoms with Gasteiger partial charge in [0.1, 0.15) is 0 Å². The molecule has 0 bridgehead atoms. The third-order valence-corrected chi connectivity index (χ3v) is 4.46. The molecule has 0 radical (unpaired) electrons. The first-order chi connectivity index (χ1) is 12.6. The fourth-order valence-electron chi connectivity index (χ4n) is 2.82. The number of carbonyl (C=O) groups is 2. The van der Waals surface area contributed by atoms with Crippen LogP contribution in [-0.4, -0.2) is 49.7 Å². The van der Waals surface area contributed by atoms with E-state index in [1.54, 1.807) is 25.1 Å². The van der Waals surface area contributed by atoms with Crippen molar-refractivity contribution in [3.05, 3.63) is 35.9 Å². The number of nitrogens with one attached hydrogen (secondary N) is 2. The van der Waals surface area contributed by atoms with Crippen molar-refractivity contribution in [2.75, 3.05) is 38.1 Å². The van der Waals surface area contributed by atoms with Crippen LogP contribution in [0.3, 0.4) is 0 Å². The lowest BCUT2D eigenvalue weighted by atomic mass is 9.99. The topological polar surface area (TPSA) is 70.7 Å². The molecule has 0 unspecified atom stereocenters. The third-order valence-electron chi connectivity index (χ3n) is 4.46. The number of ether oxygens (including phenoxy) is 1. The minimum Gasteiger partial charge on any atom is -0.463 e. The van der Waals surface area contributed by atoms with E-state index in [-0.39, 0.29) is 12.0 Å². The molecule has 1 saturated heterocycles. The molecule has 0 atom stereocenters. The summed E-state index contributed by atoms with van der Waals surface area (Å²) in [5, 5.41) is 5.71. The van der Waals surface area contributed by atoms with E-state index in [0.717, 1.165) is 31.1 Å². The Hall–Kier alpha value is -2.34. The third kappa shape index (κ3) is 7.27. The molecule has 142 valence electrons. The van der Waals surface area contributed by atoms with E-state index in [2.05, 4.69) is 22.5 Å². The Morgan fingerprint density at radius 2 is 1.92 bits per heavy atom. The number of urea groups is 1. The van der Waals surface area contributed by atoms with Gasteiger partial charge in [-0.25, -0.2) is 9.59 Å². The molecular weight excluding hydrogens is 330 g/mol. The Labute approximate surface area is 155 Å². The maximum atomic E-state index is 12.0. The van der Waals surface area contributed by atoms with Crippen LogP contribution < -0.4 is 10.6 Å². The van der Waals surface area contributed by atoms with Gasteiger partial charge in [0.15, 0.2) is 0 Å². The Bertz CT molecular complexity index is 605. The summed E-state index contributed by atoms with van der Waals surface area (Å²) in [4.78, 5) is 25.6. The monoisotopic (exact) mass is 359 g/mol. The zero-order valence-electron chi connectivity index (χ0n) is 15.7. The van der Waals surface area contributed by atoms with E-state index in [4.69, 9.17) is 4.74 Å². The lowest BCUT2D eigenvalue weighted by Gasteiger charge is -2.30. The number of carbonyl (C=O) groups excluding carboxylic acids is 2. The fraction of sp³-hybridized carbons (Fsp3) is 0.500. The molecule has 0 saturated carbocycles. The van der Waals surface area contributed by atoms with E-state index >= 15 is 0 Å². The predicted octanol–water partition coefficient (Wildman–Crippen LogP) is 3.12. The molecule has 1 aliphatic heterocycles. The summed E-state index contributed by atoms with van der Waals surface area (Å²) in [6.07, 6.45) is 5.55. The molecule has 6 heteroatoms. The van der Waals surface area contributed by atoms with Gasteiger partial charge in [-0.05, 0) is 62.5 Å². The van der Waals surface area contributed by atoms with Crippen molar-refractivity contribution < 1.29 is 14.3 Å². The minimum atomic E-state index is -0.364. The van der Waals surface area contributed by atoms with Gasteiger partial charge in [0, 0.05) is 24.9 Å². The Kier molecular flexibility index (Phi) is 8.15. The summed E-state index contributed by atoms with van der Waals surface area (Å²) in [6, 6.07) is 7.07. The summed E-state index contributed by atoms with van der Waals surface area (Å²) in [6.45, 7) is 8.18. The van der Waals surface area contributed by atoms with Gasteiger partial charge in [0.05, 0.1) is 6.61 Å². The number of hydrogen-bond donors (Lipinski definition) is 2. The smallest absolute Gasteiger partial charge is 0.330 e. The van der Waals surface area contributed by atoms with Gasteiger partial charge in [-0.1, -0.05) is 19.1 Å². The SMILES string of the molecule is CCOC(=O)/C=C\c1ccc(NC(=O)NCCN2CCC(C)CC2)cc1. The van der Waals surface area contributed by atoms with Crippen molar-refractivity contribution in [3.63, 3.8) is 0 Å².